The van der Waals surface area contributed by atoms with E-state index in [4.69, 9.17) is 12.2 Å². The van der Waals surface area contributed by atoms with Crippen molar-refractivity contribution in [2.24, 2.45) is 0 Å². The number of hydrogen-bond donors (Lipinski definition) is 8. The molecule has 0 aliphatic heterocycles. The van der Waals surface area contributed by atoms with Gasteiger partial charge in [-0.2, -0.15) is 0 Å². The number of aliphatic hydroxyl groups is 3. The van der Waals surface area contributed by atoms with Crippen molar-refractivity contribution in [1.29, 1.82) is 0 Å². The first kappa shape index (κ1) is 41.2. The number of nitrogens with one attached hydrogen (secondary N) is 5. The van der Waals surface area contributed by atoms with Crippen molar-refractivity contribution >= 4 is 52.9 Å². The van der Waals surface area contributed by atoms with Crippen molar-refractivity contribution in [2.45, 2.75) is 55.8 Å². The van der Waals surface area contributed by atoms with E-state index in [-0.39, 0.29) is 27.9 Å². The van der Waals surface area contributed by atoms with Crippen LogP contribution in [0, 0.1) is 0 Å². The molecule has 1 saturated carbocycles. The summed E-state index contributed by atoms with van der Waals surface area (Å²) in [6, 6.07) is 4.25. The van der Waals surface area contributed by atoms with Gasteiger partial charge in [0.2, 0.25) is 0 Å². The van der Waals surface area contributed by atoms with Gasteiger partial charge >= 0.3 is 0 Å². The molecule has 0 bridgehead atoms. The smallest absolute Gasteiger partial charge is 0.171 e. The van der Waals surface area contributed by atoms with Crippen LogP contribution >= 0.6 is 12.2 Å². The van der Waals surface area contributed by atoms with Crippen LogP contribution in [0.15, 0.2) is 24.3 Å². The first-order valence-corrected chi connectivity index (χ1v) is 16.1. The molecule has 274 valence electrons. The number of carbonyl (C=O) groups is 5. The lowest BCUT2D eigenvalue weighted by Crippen LogP contribution is -3.30. The highest BCUT2D eigenvalue weighted by Gasteiger charge is 2.42. The highest BCUT2D eigenvalue weighted by atomic mass is 32.1. The van der Waals surface area contributed by atoms with Gasteiger partial charge in [0.1, 0.15) is 62.9 Å². The van der Waals surface area contributed by atoms with Crippen LogP contribution in [0.4, 0.5) is 5.69 Å². The fraction of sp³-hybridized carbons (Fsp3) is 0.600. The molecule has 49 heavy (non-hydrogen) atoms. The molecule has 1 aliphatic carbocycles. The van der Waals surface area contributed by atoms with Gasteiger partial charge in [-0.3, -0.25) is 0 Å². The van der Waals surface area contributed by atoms with Gasteiger partial charge in [-0.05, 0) is 42.8 Å². The summed E-state index contributed by atoms with van der Waals surface area (Å²) in [7, 11) is 0. The Hall–Kier alpha value is -3.98. The van der Waals surface area contributed by atoms with E-state index in [1.165, 1.54) is 0 Å². The molecule has 4 atom stereocenters. The zero-order chi connectivity index (χ0) is 36.7. The molecule has 1 fully saturated rings. The van der Waals surface area contributed by atoms with Crippen molar-refractivity contribution in [2.75, 3.05) is 64.4 Å². The van der Waals surface area contributed by atoms with Gasteiger partial charge in [0.15, 0.2) is 5.11 Å². The number of carbonyl (C=O) groups excluding carboxylic acids is 5. The molecular weight excluding hydrogens is 670 g/mol. The Kier molecular flexibility index (Phi) is 16.7. The largest absolute Gasteiger partial charge is 0.544 e. The zero-order valence-corrected chi connectivity index (χ0v) is 27.6. The first-order chi connectivity index (χ1) is 23.1. The van der Waals surface area contributed by atoms with Crippen LogP contribution in [0.25, 0.3) is 0 Å². The van der Waals surface area contributed by atoms with Gasteiger partial charge in [-0.15, -0.1) is 0 Å². The summed E-state index contributed by atoms with van der Waals surface area (Å²) in [5.74, 6) is -7.64. The number of carboxylic acid groups (broad SMARTS) is 5. The number of hydrogen-bond acceptors (Lipinski definition) is 14. The summed E-state index contributed by atoms with van der Waals surface area (Å²) in [6.45, 7) is -5.49. The molecule has 0 radical (unpaired) electrons. The summed E-state index contributed by atoms with van der Waals surface area (Å²) < 4.78 is 0. The van der Waals surface area contributed by atoms with Gasteiger partial charge < -0.3 is 90.2 Å². The van der Waals surface area contributed by atoms with E-state index >= 15 is 0 Å². The lowest BCUT2D eigenvalue weighted by molar-refractivity contribution is -1.01. The Bertz CT molecular complexity index is 1260. The molecule has 1 aromatic carbocycles. The molecule has 0 spiro atoms. The molecule has 1 aliphatic rings. The van der Waals surface area contributed by atoms with E-state index in [1.54, 1.807) is 24.3 Å². The second-order valence-electron chi connectivity index (χ2n) is 12.4. The van der Waals surface area contributed by atoms with E-state index in [2.05, 4.69) is 10.6 Å². The SMILES string of the molecule is O=C([O-])C[NH+](CC(=O)[O-])[C@H](Cc1ccc(NC(=S)NC(CO)(CO)CO)cc1)C[NH+](CC(=O)[O-])[C@H]1CCCC[C@@H]1[NH+](CC(=O)[O-])CC(=O)[O-]. The van der Waals surface area contributed by atoms with Crippen LogP contribution in [0.5, 0.6) is 0 Å². The second kappa shape index (κ2) is 19.9. The minimum Gasteiger partial charge on any atom is -0.544 e. The van der Waals surface area contributed by atoms with Crippen molar-refractivity contribution < 1.29 is 79.5 Å². The maximum absolute atomic E-state index is 12.0. The number of carboxylic acids is 5. The minimum atomic E-state index is -1.57. The number of benzene rings is 1. The Balaban J connectivity index is 2.45. The third-order valence-corrected chi connectivity index (χ3v) is 8.94. The van der Waals surface area contributed by atoms with Crippen LogP contribution in [-0.4, -0.2) is 133 Å². The van der Waals surface area contributed by atoms with Gasteiger partial charge in [-0.25, -0.2) is 0 Å². The van der Waals surface area contributed by atoms with E-state index in [9.17, 15) is 64.8 Å². The predicted molar refractivity (Wildman–Crippen MR) is 160 cm³/mol. The van der Waals surface area contributed by atoms with Crippen LogP contribution < -0.4 is 50.9 Å². The van der Waals surface area contributed by atoms with Gasteiger partial charge in [0.25, 0.3) is 0 Å². The van der Waals surface area contributed by atoms with Crippen LogP contribution in [-0.2, 0) is 30.4 Å². The van der Waals surface area contributed by atoms with Crippen LogP contribution in [0.3, 0.4) is 0 Å². The van der Waals surface area contributed by atoms with E-state index in [0.717, 1.165) is 0 Å². The predicted octanol–water partition coefficient (Wildman–Crippen LogP) is -12.7. The maximum Gasteiger partial charge on any atom is 0.171 e. The Labute approximate surface area is 287 Å². The average Bonchev–Trinajstić information content (AvgIpc) is 3.02. The molecule has 0 amide bonds. The fourth-order valence-electron chi connectivity index (χ4n) is 6.42. The molecule has 19 heteroatoms. The minimum absolute atomic E-state index is 0.00203. The molecular formula is C30H43N5O13S-2. The number of anilines is 1. The molecule has 0 saturated heterocycles. The highest BCUT2D eigenvalue weighted by Crippen LogP contribution is 2.16. The molecule has 8 N–H and O–H groups in total. The number of rotatable bonds is 22. The average molecular weight is 714 g/mol. The van der Waals surface area contributed by atoms with Gasteiger partial charge in [0.05, 0.1) is 49.7 Å². The lowest BCUT2D eigenvalue weighted by Gasteiger charge is -2.42. The first-order valence-electron chi connectivity index (χ1n) is 15.7. The maximum atomic E-state index is 12.0. The fourth-order valence-corrected chi connectivity index (χ4v) is 6.76. The van der Waals surface area contributed by atoms with Crippen molar-refractivity contribution in [3.63, 3.8) is 0 Å². The van der Waals surface area contributed by atoms with Crippen LogP contribution in [0.1, 0.15) is 31.2 Å². The van der Waals surface area contributed by atoms with Crippen LogP contribution in [0.2, 0.25) is 0 Å². The number of thiocarbonyl (C=S) groups is 1. The normalized spacial score (nSPS) is 17.7. The van der Waals surface area contributed by atoms with E-state index in [0.29, 0.717) is 41.8 Å². The summed E-state index contributed by atoms with van der Waals surface area (Å²) in [5.41, 5.74) is -0.466. The molecule has 18 nitrogen and oxygen atoms in total. The highest BCUT2D eigenvalue weighted by molar-refractivity contribution is 7.80. The standard InChI is InChI=1S/C30H45N5O13S/c36-16-30(17-37,18-38)32-29(49)31-20-7-5-19(6-8-20)9-21(33(11-24(39)40)12-25(41)42)10-34(13-26(43)44)22-3-1-2-4-23(22)35(14-27(45)46)15-28(47)48/h5-8,21-23,36-38H,1-4,9-18H2,(H,39,40)(H,41,42)(H,43,44)(H,45,46)(H,47,48)(H2,31,32,49)/p-2/t21-,22+,23+/m1/s1. The van der Waals surface area contributed by atoms with Crippen molar-refractivity contribution in [3.8, 4) is 0 Å². The van der Waals surface area contributed by atoms with E-state index < -0.39 is 106 Å². The Morgan fingerprint density at radius 1 is 0.735 bits per heavy atom. The third-order valence-electron chi connectivity index (χ3n) is 8.74. The molecule has 1 aromatic rings. The topological polar surface area (TPSA) is 299 Å². The number of aliphatic carboxylic acids is 5. The van der Waals surface area contributed by atoms with Crippen molar-refractivity contribution in [3.05, 3.63) is 29.8 Å². The van der Waals surface area contributed by atoms with Gasteiger partial charge in [0, 0.05) is 24.9 Å². The number of aliphatic hydroxyl groups excluding tert-OH is 3. The molecule has 1 unspecified atom stereocenters. The van der Waals surface area contributed by atoms with Gasteiger partial charge in [-0.1, -0.05) is 12.1 Å². The molecule has 2 rings (SSSR count). The lowest BCUT2D eigenvalue weighted by atomic mass is 9.87. The Morgan fingerprint density at radius 3 is 1.59 bits per heavy atom. The molecule has 0 heterocycles. The summed E-state index contributed by atoms with van der Waals surface area (Å²) >= 11 is 5.21. The summed E-state index contributed by atoms with van der Waals surface area (Å²) in [6.07, 6.45) is 1.99. The van der Waals surface area contributed by atoms with E-state index in [1.807, 2.05) is 0 Å². The third kappa shape index (κ3) is 13.8. The molecule has 0 aromatic heterocycles. The zero-order valence-electron chi connectivity index (χ0n) is 26.8. The summed E-state index contributed by atoms with van der Waals surface area (Å²) in [5, 5.41) is 92.5. The van der Waals surface area contributed by atoms with Crippen molar-refractivity contribution in [1.82, 2.24) is 5.32 Å². The number of quaternary nitrogens is 3. The summed E-state index contributed by atoms with van der Waals surface area (Å²) in [4.78, 5) is 58.9. The monoisotopic (exact) mass is 713 g/mol. The second-order valence-corrected chi connectivity index (χ2v) is 12.8. The quantitative estimate of drug-likeness (QED) is 0.0518. The Morgan fingerprint density at radius 2 is 1.16 bits per heavy atom.